The van der Waals surface area contributed by atoms with Crippen molar-refractivity contribution < 1.29 is 0 Å². The average Bonchev–Trinajstić information content (AvgIpc) is 2.88. The van der Waals surface area contributed by atoms with E-state index in [0.717, 1.165) is 28.3 Å². The maximum Gasteiger partial charge on any atom is 0.0882 e. The molecule has 0 saturated carbocycles. The van der Waals surface area contributed by atoms with Crippen molar-refractivity contribution in [2.75, 3.05) is 10.2 Å². The van der Waals surface area contributed by atoms with Gasteiger partial charge in [-0.25, -0.2) is 0 Å². The molecule has 0 spiro atoms. The molecule has 4 aromatic carbocycles. The van der Waals surface area contributed by atoms with E-state index in [1.165, 1.54) is 0 Å². The number of hydrogen-bond acceptors (Lipinski definition) is 2. The summed E-state index contributed by atoms with van der Waals surface area (Å²) in [6.45, 7) is 0. The van der Waals surface area contributed by atoms with Crippen LogP contribution in [0.25, 0.3) is 0 Å². The maximum atomic E-state index is 6.80. The molecule has 0 bridgehead atoms. The van der Waals surface area contributed by atoms with Crippen molar-refractivity contribution in [1.29, 1.82) is 0 Å². The smallest absolute Gasteiger partial charge is 0.0882 e. The molecule has 168 valence electrons. The summed E-state index contributed by atoms with van der Waals surface area (Å²) >= 11 is 13.3. The second-order valence-corrected chi connectivity index (χ2v) is 9.05. The van der Waals surface area contributed by atoms with Crippen LogP contribution < -0.4 is 10.2 Å². The van der Waals surface area contributed by atoms with Gasteiger partial charge in [0.2, 0.25) is 0 Å². The first kappa shape index (κ1) is 22.3. The van der Waals surface area contributed by atoms with E-state index < -0.39 is 5.54 Å². The molecule has 0 radical (unpaired) electrons. The molecule has 0 heterocycles. The van der Waals surface area contributed by atoms with E-state index in [9.17, 15) is 0 Å². The fraction of sp³-hybridized carbons (Fsp3) is 0.0667. The van der Waals surface area contributed by atoms with Crippen LogP contribution in [0, 0.1) is 0 Å². The van der Waals surface area contributed by atoms with Crippen LogP contribution in [0.2, 0.25) is 10.0 Å². The molecule has 4 heteroatoms. The van der Waals surface area contributed by atoms with E-state index in [1.807, 2.05) is 48.5 Å². The third-order valence-electron chi connectivity index (χ3n) is 6.02. The Morgan fingerprint density at radius 2 is 1.26 bits per heavy atom. The number of benzene rings is 4. The Hall–Kier alpha value is -3.46. The summed E-state index contributed by atoms with van der Waals surface area (Å²) in [5.41, 5.74) is 4.69. The quantitative estimate of drug-likeness (QED) is 0.294. The van der Waals surface area contributed by atoms with Crippen molar-refractivity contribution in [3.8, 4) is 0 Å². The second-order valence-electron chi connectivity index (χ2n) is 8.26. The van der Waals surface area contributed by atoms with Crippen LogP contribution in [0.3, 0.4) is 0 Å². The second kappa shape index (κ2) is 9.80. The molecule has 1 N–H and O–H groups in total. The first-order chi connectivity index (χ1) is 16.7. The van der Waals surface area contributed by atoms with Gasteiger partial charge in [-0.2, -0.15) is 0 Å². The molecule has 1 aliphatic carbocycles. The maximum absolute atomic E-state index is 6.80. The molecule has 4 aromatic rings. The zero-order chi connectivity index (χ0) is 23.4. The van der Waals surface area contributed by atoms with E-state index in [1.54, 1.807) is 0 Å². The van der Waals surface area contributed by atoms with Gasteiger partial charge in [0, 0.05) is 34.7 Å². The summed E-state index contributed by atoms with van der Waals surface area (Å²) in [5, 5.41) is 4.87. The highest BCUT2D eigenvalue weighted by Crippen LogP contribution is 2.44. The molecule has 2 nitrogen and oxygen atoms in total. The molecular weight excluding hydrogens is 459 g/mol. The van der Waals surface area contributed by atoms with E-state index in [0.29, 0.717) is 16.5 Å². The van der Waals surface area contributed by atoms with Gasteiger partial charge in [-0.3, -0.25) is 0 Å². The molecule has 1 atom stereocenters. The predicted molar refractivity (Wildman–Crippen MR) is 145 cm³/mol. The Kier molecular flexibility index (Phi) is 6.44. The predicted octanol–water partition coefficient (Wildman–Crippen LogP) is 8.98. The summed E-state index contributed by atoms with van der Waals surface area (Å²) in [4.78, 5) is 2.30. The molecule has 34 heavy (non-hydrogen) atoms. The minimum absolute atomic E-state index is 0.542. The number of nitrogens with one attached hydrogen (secondary N) is 1. The van der Waals surface area contributed by atoms with Crippen LogP contribution in [0.4, 0.5) is 17.1 Å². The van der Waals surface area contributed by atoms with Crippen molar-refractivity contribution >= 4 is 40.3 Å². The largest absolute Gasteiger partial charge is 0.372 e. The Morgan fingerprint density at radius 3 is 1.88 bits per heavy atom. The fourth-order valence-electron chi connectivity index (χ4n) is 4.48. The van der Waals surface area contributed by atoms with Crippen molar-refractivity contribution in [1.82, 2.24) is 0 Å². The topological polar surface area (TPSA) is 15.3 Å². The molecule has 1 unspecified atom stereocenters. The normalized spacial score (nSPS) is 17.2. The molecule has 0 aliphatic heterocycles. The van der Waals surface area contributed by atoms with Crippen molar-refractivity contribution in [3.05, 3.63) is 149 Å². The summed E-state index contributed by atoms with van der Waals surface area (Å²) in [7, 11) is 0. The number of hydrogen-bond donors (Lipinski definition) is 1. The van der Waals surface area contributed by atoms with Gasteiger partial charge in [0.05, 0.1) is 15.6 Å². The average molecular weight is 483 g/mol. The Labute approximate surface area is 210 Å². The monoisotopic (exact) mass is 482 g/mol. The first-order valence-electron chi connectivity index (χ1n) is 11.2. The molecule has 0 aromatic heterocycles. The van der Waals surface area contributed by atoms with Gasteiger partial charge in [0.25, 0.3) is 0 Å². The number of rotatable bonds is 6. The third kappa shape index (κ3) is 4.48. The number of para-hydroxylation sites is 3. The molecule has 0 fully saturated rings. The SMILES string of the molecule is Clc1cccc(C2(Nc3ccccc3)C=CC=C(N(c3ccccc3)c3ccccc3)C2)c1Cl. The van der Waals surface area contributed by atoms with Crippen LogP contribution in [-0.2, 0) is 5.54 Å². The van der Waals surface area contributed by atoms with Crippen LogP contribution in [0.15, 0.2) is 133 Å². The van der Waals surface area contributed by atoms with Gasteiger partial charge in [0.1, 0.15) is 0 Å². The Morgan fingerprint density at radius 1 is 0.676 bits per heavy atom. The van der Waals surface area contributed by atoms with E-state index >= 15 is 0 Å². The van der Waals surface area contributed by atoms with Gasteiger partial charge >= 0.3 is 0 Å². The molecular formula is C30H24Cl2N2. The van der Waals surface area contributed by atoms with Gasteiger partial charge in [0.15, 0.2) is 0 Å². The highest BCUT2D eigenvalue weighted by Gasteiger charge is 2.36. The van der Waals surface area contributed by atoms with Gasteiger partial charge in [-0.1, -0.05) is 102 Å². The number of halogens is 2. The molecule has 0 amide bonds. The summed E-state index contributed by atoms with van der Waals surface area (Å²) in [6, 6.07) is 36.9. The first-order valence-corrected chi connectivity index (χ1v) is 12.0. The number of nitrogens with zero attached hydrogens (tertiary/aromatic N) is 1. The molecule has 0 saturated heterocycles. The number of anilines is 3. The lowest BCUT2D eigenvalue weighted by atomic mass is 9.81. The van der Waals surface area contributed by atoms with Crippen LogP contribution in [-0.4, -0.2) is 0 Å². The lowest BCUT2D eigenvalue weighted by Crippen LogP contribution is -2.38. The molecule has 5 rings (SSSR count). The highest BCUT2D eigenvalue weighted by molar-refractivity contribution is 6.42. The van der Waals surface area contributed by atoms with E-state index in [2.05, 4.69) is 89.1 Å². The third-order valence-corrected chi connectivity index (χ3v) is 6.84. The van der Waals surface area contributed by atoms with Gasteiger partial charge in [-0.05, 0) is 48.5 Å². The van der Waals surface area contributed by atoms with Crippen LogP contribution in [0.5, 0.6) is 0 Å². The Balaban J connectivity index is 1.63. The minimum Gasteiger partial charge on any atom is -0.372 e. The van der Waals surface area contributed by atoms with E-state index in [4.69, 9.17) is 23.2 Å². The van der Waals surface area contributed by atoms with Crippen LogP contribution >= 0.6 is 23.2 Å². The van der Waals surface area contributed by atoms with E-state index in [-0.39, 0.29) is 0 Å². The van der Waals surface area contributed by atoms with Gasteiger partial charge < -0.3 is 10.2 Å². The highest BCUT2D eigenvalue weighted by atomic mass is 35.5. The fourth-order valence-corrected chi connectivity index (χ4v) is 4.95. The zero-order valence-corrected chi connectivity index (χ0v) is 20.0. The molecule has 1 aliphatic rings. The summed E-state index contributed by atoms with van der Waals surface area (Å²) in [6.07, 6.45) is 7.12. The zero-order valence-electron chi connectivity index (χ0n) is 18.5. The van der Waals surface area contributed by atoms with Crippen molar-refractivity contribution in [3.63, 3.8) is 0 Å². The van der Waals surface area contributed by atoms with Crippen molar-refractivity contribution in [2.45, 2.75) is 12.0 Å². The van der Waals surface area contributed by atoms with Gasteiger partial charge in [-0.15, -0.1) is 0 Å². The van der Waals surface area contributed by atoms with Crippen LogP contribution in [0.1, 0.15) is 12.0 Å². The Bertz CT molecular complexity index is 1280. The minimum atomic E-state index is -0.588. The summed E-state index contributed by atoms with van der Waals surface area (Å²) < 4.78 is 0. The lowest BCUT2D eigenvalue weighted by molar-refractivity contribution is 0.592. The summed E-state index contributed by atoms with van der Waals surface area (Å²) in [5.74, 6) is 0. The number of allylic oxidation sites excluding steroid dienone is 2. The standard InChI is InChI=1S/C30H24Cl2N2/c31-28-20-10-19-27(29(28)32)30(33-23-12-4-1-5-13-23)21-11-18-26(22-30)34(24-14-6-2-7-15-24)25-16-8-3-9-17-25/h1-21,33H,22H2. The lowest BCUT2D eigenvalue weighted by Gasteiger charge is -2.40. The van der Waals surface area contributed by atoms with Crippen molar-refractivity contribution in [2.24, 2.45) is 0 Å².